The van der Waals surface area contributed by atoms with Gasteiger partial charge in [-0.25, -0.2) is 0 Å². The van der Waals surface area contributed by atoms with Crippen molar-refractivity contribution in [2.75, 3.05) is 6.54 Å². The molecule has 0 aromatic carbocycles. The summed E-state index contributed by atoms with van der Waals surface area (Å²) in [7, 11) is 0. The smallest absolute Gasteiger partial charge is 0.0771 e. The van der Waals surface area contributed by atoms with E-state index in [1.165, 1.54) is 44.9 Å². The van der Waals surface area contributed by atoms with Gasteiger partial charge < -0.3 is 10.4 Å². The third kappa shape index (κ3) is 3.21. The van der Waals surface area contributed by atoms with E-state index in [9.17, 15) is 5.11 Å². The zero-order chi connectivity index (χ0) is 11.4. The van der Waals surface area contributed by atoms with Crippen molar-refractivity contribution in [3.8, 4) is 0 Å². The van der Waals surface area contributed by atoms with Crippen LogP contribution in [0.5, 0.6) is 0 Å². The maximum absolute atomic E-state index is 10.3. The maximum atomic E-state index is 10.3. The van der Waals surface area contributed by atoms with E-state index < -0.39 is 0 Å². The molecule has 2 N–H and O–H groups in total. The molecule has 0 radical (unpaired) electrons. The molecule has 2 fully saturated rings. The minimum Gasteiger partial charge on any atom is -0.389 e. The Balaban J connectivity index is 1.67. The quantitative estimate of drug-likeness (QED) is 0.771. The van der Waals surface area contributed by atoms with Crippen molar-refractivity contribution in [1.29, 1.82) is 0 Å². The van der Waals surface area contributed by atoms with E-state index in [0.717, 1.165) is 25.3 Å². The van der Waals surface area contributed by atoms with Crippen molar-refractivity contribution in [3.63, 3.8) is 0 Å². The van der Waals surface area contributed by atoms with Crippen LogP contribution in [-0.2, 0) is 0 Å². The molecule has 0 aromatic heterocycles. The minimum atomic E-state index is -0.373. The van der Waals surface area contributed by atoms with Crippen LogP contribution < -0.4 is 5.32 Å². The molecular formula is C14H27NO. The number of hydrogen-bond acceptors (Lipinski definition) is 2. The van der Waals surface area contributed by atoms with Gasteiger partial charge in [0, 0.05) is 12.6 Å². The van der Waals surface area contributed by atoms with Gasteiger partial charge in [0.2, 0.25) is 0 Å². The zero-order valence-corrected chi connectivity index (χ0v) is 10.7. The van der Waals surface area contributed by atoms with Crippen LogP contribution >= 0.6 is 0 Å². The first kappa shape index (κ1) is 12.4. The summed E-state index contributed by atoms with van der Waals surface area (Å²) in [5.74, 6) is 0.965. The van der Waals surface area contributed by atoms with E-state index in [2.05, 4.69) is 12.2 Å². The van der Waals surface area contributed by atoms with Gasteiger partial charge in [-0.2, -0.15) is 0 Å². The number of rotatable bonds is 4. The molecular weight excluding hydrogens is 198 g/mol. The maximum Gasteiger partial charge on any atom is 0.0771 e. The summed E-state index contributed by atoms with van der Waals surface area (Å²) in [5, 5.41) is 13.9. The highest BCUT2D eigenvalue weighted by Crippen LogP contribution is 2.30. The molecule has 16 heavy (non-hydrogen) atoms. The number of hydrogen-bond donors (Lipinski definition) is 2. The fourth-order valence-corrected chi connectivity index (χ4v) is 3.32. The van der Waals surface area contributed by atoms with Gasteiger partial charge in [-0.1, -0.05) is 26.2 Å². The lowest BCUT2D eigenvalue weighted by atomic mass is 9.84. The van der Waals surface area contributed by atoms with E-state index in [1.807, 2.05) is 0 Å². The lowest BCUT2D eigenvalue weighted by Crippen LogP contribution is -2.44. The first-order chi connectivity index (χ1) is 7.72. The Morgan fingerprint density at radius 2 is 1.75 bits per heavy atom. The Hall–Kier alpha value is -0.0800. The van der Waals surface area contributed by atoms with Crippen molar-refractivity contribution >= 4 is 0 Å². The Kier molecular flexibility index (Phi) is 4.26. The standard InChI is InChI=1S/C14H27NO/c1-2-12-5-7-13(8-6-12)15-11-14(16)9-3-4-10-14/h12-13,15-16H,2-11H2,1H3. The van der Waals surface area contributed by atoms with Gasteiger partial charge in [0.1, 0.15) is 0 Å². The molecule has 94 valence electrons. The van der Waals surface area contributed by atoms with Crippen molar-refractivity contribution < 1.29 is 5.11 Å². The summed E-state index contributed by atoms with van der Waals surface area (Å²) >= 11 is 0. The second-order valence-corrected chi connectivity index (χ2v) is 5.94. The SMILES string of the molecule is CCC1CCC(NCC2(O)CCCC2)CC1. The lowest BCUT2D eigenvalue weighted by molar-refractivity contribution is 0.0427. The fraction of sp³-hybridized carbons (Fsp3) is 1.00. The summed E-state index contributed by atoms with van der Waals surface area (Å²) in [6, 6.07) is 0.674. The van der Waals surface area contributed by atoms with E-state index in [0.29, 0.717) is 6.04 Å². The normalized spacial score (nSPS) is 34.1. The van der Waals surface area contributed by atoms with E-state index in [-0.39, 0.29) is 5.60 Å². The molecule has 0 aliphatic heterocycles. The molecule has 0 unspecified atom stereocenters. The largest absolute Gasteiger partial charge is 0.389 e. The Morgan fingerprint density at radius 3 is 2.31 bits per heavy atom. The van der Waals surface area contributed by atoms with Crippen LogP contribution in [0.1, 0.15) is 64.7 Å². The monoisotopic (exact) mass is 225 g/mol. The Morgan fingerprint density at radius 1 is 1.12 bits per heavy atom. The molecule has 2 rings (SSSR count). The molecule has 0 amide bonds. The topological polar surface area (TPSA) is 32.3 Å². The van der Waals surface area contributed by atoms with E-state index >= 15 is 0 Å². The zero-order valence-electron chi connectivity index (χ0n) is 10.7. The summed E-state index contributed by atoms with van der Waals surface area (Å²) in [6.07, 6.45) is 11.2. The van der Waals surface area contributed by atoms with Gasteiger partial charge in [0.15, 0.2) is 0 Å². The van der Waals surface area contributed by atoms with Gasteiger partial charge >= 0.3 is 0 Å². The Labute approximate surface area is 99.8 Å². The highest BCUT2D eigenvalue weighted by atomic mass is 16.3. The third-order valence-electron chi connectivity index (χ3n) is 4.68. The van der Waals surface area contributed by atoms with Crippen molar-refractivity contribution in [2.45, 2.75) is 76.4 Å². The van der Waals surface area contributed by atoms with Crippen LogP contribution in [0.15, 0.2) is 0 Å². The van der Waals surface area contributed by atoms with Crippen LogP contribution in [0.25, 0.3) is 0 Å². The Bertz CT molecular complexity index is 203. The average molecular weight is 225 g/mol. The summed E-state index contributed by atoms with van der Waals surface area (Å²) in [5.41, 5.74) is -0.373. The van der Waals surface area contributed by atoms with Crippen molar-refractivity contribution in [2.24, 2.45) is 5.92 Å². The van der Waals surface area contributed by atoms with Crippen LogP contribution in [0.2, 0.25) is 0 Å². The molecule has 2 aliphatic carbocycles. The first-order valence-electron chi connectivity index (χ1n) is 7.17. The van der Waals surface area contributed by atoms with Gasteiger partial charge in [0.05, 0.1) is 5.60 Å². The second-order valence-electron chi connectivity index (χ2n) is 5.94. The van der Waals surface area contributed by atoms with Gasteiger partial charge in [-0.05, 0) is 44.4 Å². The molecule has 2 heteroatoms. The molecule has 2 nitrogen and oxygen atoms in total. The molecule has 0 heterocycles. The summed E-state index contributed by atoms with van der Waals surface area (Å²) in [6.45, 7) is 3.13. The molecule has 0 aromatic rings. The van der Waals surface area contributed by atoms with E-state index in [4.69, 9.17) is 0 Å². The van der Waals surface area contributed by atoms with Crippen LogP contribution in [0.4, 0.5) is 0 Å². The van der Waals surface area contributed by atoms with Crippen molar-refractivity contribution in [3.05, 3.63) is 0 Å². The van der Waals surface area contributed by atoms with Gasteiger partial charge in [0.25, 0.3) is 0 Å². The second kappa shape index (κ2) is 5.50. The minimum absolute atomic E-state index is 0.373. The third-order valence-corrected chi connectivity index (χ3v) is 4.68. The highest BCUT2D eigenvalue weighted by Gasteiger charge is 2.31. The molecule has 0 saturated heterocycles. The lowest BCUT2D eigenvalue weighted by Gasteiger charge is -2.31. The number of aliphatic hydroxyl groups is 1. The first-order valence-corrected chi connectivity index (χ1v) is 7.17. The summed E-state index contributed by atoms with van der Waals surface area (Å²) in [4.78, 5) is 0. The van der Waals surface area contributed by atoms with Crippen LogP contribution in [0.3, 0.4) is 0 Å². The molecule has 0 bridgehead atoms. The molecule has 2 saturated carbocycles. The molecule has 0 spiro atoms. The van der Waals surface area contributed by atoms with Crippen LogP contribution in [0, 0.1) is 5.92 Å². The van der Waals surface area contributed by atoms with Crippen molar-refractivity contribution in [1.82, 2.24) is 5.32 Å². The van der Waals surface area contributed by atoms with Gasteiger partial charge in [-0.3, -0.25) is 0 Å². The summed E-state index contributed by atoms with van der Waals surface area (Å²) < 4.78 is 0. The molecule has 2 aliphatic rings. The van der Waals surface area contributed by atoms with Crippen LogP contribution in [-0.4, -0.2) is 23.3 Å². The highest BCUT2D eigenvalue weighted by molar-refractivity contribution is 4.88. The van der Waals surface area contributed by atoms with E-state index in [1.54, 1.807) is 0 Å². The average Bonchev–Trinajstić information content (AvgIpc) is 2.75. The fourth-order valence-electron chi connectivity index (χ4n) is 3.32. The predicted molar refractivity (Wildman–Crippen MR) is 67.5 cm³/mol. The predicted octanol–water partition coefficient (Wildman–Crippen LogP) is 2.85. The van der Waals surface area contributed by atoms with Gasteiger partial charge in [-0.15, -0.1) is 0 Å². The molecule has 0 atom stereocenters. The number of nitrogens with one attached hydrogen (secondary N) is 1.